The molecule has 1 N–H and O–H groups in total. The molecule has 0 bridgehead atoms. The molecule has 0 spiro atoms. The average molecular weight is 211 g/mol. The normalized spacial score (nSPS) is 20.8. The first-order chi connectivity index (χ1) is 6.64. The van der Waals surface area contributed by atoms with Crippen molar-refractivity contribution in [3.8, 4) is 0 Å². The fourth-order valence-corrected chi connectivity index (χ4v) is 2.63. The number of aryl methyl sites for hydroxylation is 1. The second kappa shape index (κ2) is 3.63. The minimum atomic E-state index is 0.0700. The zero-order chi connectivity index (χ0) is 10.2. The van der Waals surface area contributed by atoms with Gasteiger partial charge in [-0.25, -0.2) is 4.98 Å². The van der Waals surface area contributed by atoms with Gasteiger partial charge in [0.05, 0.1) is 10.7 Å². The molecule has 78 valence electrons. The minimum absolute atomic E-state index is 0.0700. The summed E-state index contributed by atoms with van der Waals surface area (Å²) in [5.74, 6) is 0.717. The van der Waals surface area contributed by atoms with Crippen molar-refractivity contribution in [3.05, 3.63) is 16.1 Å². The molecular formula is C11H17NOS. The highest BCUT2D eigenvalue weighted by atomic mass is 32.1. The van der Waals surface area contributed by atoms with Gasteiger partial charge < -0.3 is 5.11 Å². The molecule has 1 aromatic heterocycles. The maximum absolute atomic E-state index is 9.44. The molecule has 1 saturated carbocycles. The van der Waals surface area contributed by atoms with Crippen LogP contribution in [0.25, 0.3) is 0 Å². The van der Waals surface area contributed by atoms with E-state index in [1.54, 1.807) is 11.3 Å². The molecule has 0 aromatic carbocycles. The quantitative estimate of drug-likeness (QED) is 0.829. The number of nitrogens with zero attached hydrogens (tertiary/aromatic N) is 1. The molecule has 1 aromatic rings. The average Bonchev–Trinajstić information content (AvgIpc) is 2.93. The number of aromatic nitrogens is 1. The Morgan fingerprint density at radius 1 is 1.64 bits per heavy atom. The lowest BCUT2D eigenvalue weighted by molar-refractivity contribution is 0.119. The first-order valence-electron chi connectivity index (χ1n) is 5.16. The molecular weight excluding hydrogens is 194 g/mol. The molecule has 1 aliphatic carbocycles. The Bertz CT molecular complexity index is 319. The van der Waals surface area contributed by atoms with E-state index in [9.17, 15) is 5.11 Å². The van der Waals surface area contributed by atoms with Crippen molar-refractivity contribution in [3.63, 3.8) is 0 Å². The maximum atomic E-state index is 9.44. The van der Waals surface area contributed by atoms with Crippen LogP contribution in [-0.4, -0.2) is 16.7 Å². The van der Waals surface area contributed by atoms with Gasteiger partial charge in [-0.05, 0) is 37.5 Å². The van der Waals surface area contributed by atoms with Gasteiger partial charge in [0.1, 0.15) is 0 Å². The summed E-state index contributed by atoms with van der Waals surface area (Å²) in [6, 6.07) is 0. The lowest BCUT2D eigenvalue weighted by Crippen LogP contribution is -2.26. The molecule has 2 rings (SSSR count). The molecule has 0 amide bonds. The van der Waals surface area contributed by atoms with E-state index in [-0.39, 0.29) is 12.0 Å². The lowest BCUT2D eigenvalue weighted by Gasteiger charge is -2.26. The van der Waals surface area contributed by atoms with E-state index in [0.717, 1.165) is 23.0 Å². The zero-order valence-corrected chi connectivity index (χ0v) is 9.60. The monoisotopic (exact) mass is 211 g/mol. The SMILES string of the molecule is Cc1nc(CC(C)(CO)C2CC2)cs1. The topological polar surface area (TPSA) is 33.1 Å². The molecule has 3 heteroatoms. The van der Waals surface area contributed by atoms with Gasteiger partial charge in [0.25, 0.3) is 0 Å². The second-order valence-electron chi connectivity index (χ2n) is 4.62. The molecule has 0 aliphatic heterocycles. The number of rotatable bonds is 4. The van der Waals surface area contributed by atoms with Crippen molar-refractivity contribution in [2.24, 2.45) is 11.3 Å². The van der Waals surface area contributed by atoms with Crippen molar-refractivity contribution in [2.45, 2.75) is 33.1 Å². The van der Waals surface area contributed by atoms with Crippen molar-refractivity contribution in [2.75, 3.05) is 6.61 Å². The van der Waals surface area contributed by atoms with Crippen molar-refractivity contribution >= 4 is 11.3 Å². The fourth-order valence-electron chi connectivity index (χ4n) is 2.01. The van der Waals surface area contributed by atoms with Crippen LogP contribution in [0.15, 0.2) is 5.38 Å². The van der Waals surface area contributed by atoms with E-state index >= 15 is 0 Å². The van der Waals surface area contributed by atoms with Crippen LogP contribution in [0.3, 0.4) is 0 Å². The number of hydrogen-bond donors (Lipinski definition) is 1. The second-order valence-corrected chi connectivity index (χ2v) is 5.68. The van der Waals surface area contributed by atoms with E-state index in [4.69, 9.17) is 0 Å². The van der Waals surface area contributed by atoms with Crippen molar-refractivity contribution in [1.82, 2.24) is 4.98 Å². The highest BCUT2D eigenvalue weighted by Crippen LogP contribution is 2.47. The van der Waals surface area contributed by atoms with Crippen molar-refractivity contribution in [1.29, 1.82) is 0 Å². The Morgan fingerprint density at radius 3 is 2.79 bits per heavy atom. The zero-order valence-electron chi connectivity index (χ0n) is 8.79. The van der Waals surface area contributed by atoms with Gasteiger partial charge in [0.2, 0.25) is 0 Å². The summed E-state index contributed by atoms with van der Waals surface area (Å²) in [7, 11) is 0. The summed E-state index contributed by atoms with van der Waals surface area (Å²) in [6.45, 7) is 4.50. The molecule has 1 fully saturated rings. The number of hydrogen-bond acceptors (Lipinski definition) is 3. The van der Waals surface area contributed by atoms with E-state index < -0.39 is 0 Å². The van der Waals surface area contributed by atoms with Gasteiger partial charge in [0, 0.05) is 12.0 Å². The van der Waals surface area contributed by atoms with E-state index in [0.29, 0.717) is 0 Å². The summed E-state index contributed by atoms with van der Waals surface area (Å²) < 4.78 is 0. The van der Waals surface area contributed by atoms with Gasteiger partial charge in [-0.15, -0.1) is 11.3 Å². The highest BCUT2D eigenvalue weighted by Gasteiger charge is 2.41. The standard InChI is InChI=1S/C11H17NOS/c1-8-12-10(6-14-8)5-11(2,7-13)9-3-4-9/h6,9,13H,3-5,7H2,1-2H3. The van der Waals surface area contributed by atoms with Gasteiger partial charge in [0.15, 0.2) is 0 Å². The Balaban J connectivity index is 2.07. The summed E-state index contributed by atoms with van der Waals surface area (Å²) in [5, 5.41) is 12.7. The number of aliphatic hydroxyl groups is 1. The van der Waals surface area contributed by atoms with E-state index in [1.165, 1.54) is 12.8 Å². The molecule has 0 saturated heterocycles. The third-order valence-corrected chi connectivity index (χ3v) is 4.00. The van der Waals surface area contributed by atoms with Gasteiger partial charge in [-0.1, -0.05) is 6.92 Å². The molecule has 1 unspecified atom stereocenters. The van der Waals surface area contributed by atoms with Crippen LogP contribution in [0.1, 0.15) is 30.5 Å². The van der Waals surface area contributed by atoms with Crippen LogP contribution >= 0.6 is 11.3 Å². The smallest absolute Gasteiger partial charge is 0.0897 e. The highest BCUT2D eigenvalue weighted by molar-refractivity contribution is 7.09. The van der Waals surface area contributed by atoms with Crippen LogP contribution in [0, 0.1) is 18.3 Å². The molecule has 1 aliphatic rings. The predicted molar refractivity (Wildman–Crippen MR) is 58.5 cm³/mol. The molecule has 1 heterocycles. The predicted octanol–water partition coefficient (Wildman–Crippen LogP) is 2.40. The van der Waals surface area contributed by atoms with Crippen LogP contribution in [0.4, 0.5) is 0 Å². The Hall–Kier alpha value is -0.410. The first kappa shape index (κ1) is 10.1. The van der Waals surface area contributed by atoms with E-state index in [1.807, 2.05) is 6.92 Å². The van der Waals surface area contributed by atoms with Gasteiger partial charge in [-0.3, -0.25) is 0 Å². The molecule has 1 atom stereocenters. The number of thiazole rings is 1. The Morgan fingerprint density at radius 2 is 2.36 bits per heavy atom. The van der Waals surface area contributed by atoms with Gasteiger partial charge >= 0.3 is 0 Å². The van der Waals surface area contributed by atoms with Crippen LogP contribution < -0.4 is 0 Å². The molecule has 2 nitrogen and oxygen atoms in total. The first-order valence-corrected chi connectivity index (χ1v) is 6.04. The third kappa shape index (κ3) is 1.98. The van der Waals surface area contributed by atoms with E-state index in [2.05, 4.69) is 17.3 Å². The largest absolute Gasteiger partial charge is 0.396 e. The Kier molecular flexibility index (Phi) is 2.62. The lowest BCUT2D eigenvalue weighted by atomic mass is 9.81. The fraction of sp³-hybridized carbons (Fsp3) is 0.727. The number of aliphatic hydroxyl groups excluding tert-OH is 1. The molecule has 0 radical (unpaired) electrons. The summed E-state index contributed by atoms with van der Waals surface area (Å²) in [6.07, 6.45) is 3.48. The van der Waals surface area contributed by atoms with Gasteiger partial charge in [-0.2, -0.15) is 0 Å². The summed E-state index contributed by atoms with van der Waals surface area (Å²) >= 11 is 1.69. The Labute approximate surface area is 89.0 Å². The maximum Gasteiger partial charge on any atom is 0.0897 e. The molecule has 14 heavy (non-hydrogen) atoms. The van der Waals surface area contributed by atoms with Crippen LogP contribution in [0.2, 0.25) is 0 Å². The summed E-state index contributed by atoms with van der Waals surface area (Å²) in [4.78, 5) is 4.46. The van der Waals surface area contributed by atoms with Crippen molar-refractivity contribution < 1.29 is 5.11 Å². The third-order valence-electron chi connectivity index (χ3n) is 3.18. The van der Waals surface area contributed by atoms with Crippen LogP contribution in [-0.2, 0) is 6.42 Å². The minimum Gasteiger partial charge on any atom is -0.396 e. The van der Waals surface area contributed by atoms with Crippen LogP contribution in [0.5, 0.6) is 0 Å². The summed E-state index contributed by atoms with van der Waals surface area (Å²) in [5.41, 5.74) is 1.22.